The number of carbonyl (C=O) groups excluding carboxylic acids is 3. The van der Waals surface area contributed by atoms with E-state index < -0.39 is 6.04 Å². The number of amides is 4. The molecule has 0 spiro atoms. The maximum absolute atomic E-state index is 13.4. The van der Waals surface area contributed by atoms with Crippen LogP contribution in [-0.4, -0.2) is 73.0 Å². The van der Waals surface area contributed by atoms with Crippen molar-refractivity contribution in [2.75, 3.05) is 33.3 Å². The van der Waals surface area contributed by atoms with Gasteiger partial charge in [0.05, 0.1) is 7.11 Å². The SMILES string of the molecule is COc1ccc(C(=O)NC(C(=O)N2CCCCC2)C2CCN(C(=O)NC(C)C)CC2)cc1. The third-order valence-corrected chi connectivity index (χ3v) is 6.28. The molecule has 3 rings (SSSR count). The maximum Gasteiger partial charge on any atom is 0.317 e. The molecule has 0 aliphatic carbocycles. The maximum atomic E-state index is 13.4. The molecule has 1 aromatic carbocycles. The second-order valence-electron chi connectivity index (χ2n) is 8.99. The fourth-order valence-corrected chi connectivity index (χ4v) is 4.43. The summed E-state index contributed by atoms with van der Waals surface area (Å²) in [6, 6.07) is 6.31. The van der Waals surface area contributed by atoms with Gasteiger partial charge >= 0.3 is 6.03 Å². The minimum atomic E-state index is -0.585. The molecule has 1 aromatic rings. The lowest BCUT2D eigenvalue weighted by molar-refractivity contribution is -0.136. The standard InChI is InChI=1S/C24H36N4O4/c1-17(2)25-24(31)28-15-11-18(12-16-28)21(23(30)27-13-5-4-6-14-27)26-22(29)19-7-9-20(32-3)10-8-19/h7-10,17-18,21H,4-6,11-16H2,1-3H3,(H,25,31)(H,26,29). The van der Waals surface area contributed by atoms with Crippen molar-refractivity contribution in [3.8, 4) is 5.75 Å². The van der Waals surface area contributed by atoms with E-state index >= 15 is 0 Å². The summed E-state index contributed by atoms with van der Waals surface area (Å²) < 4.78 is 5.17. The summed E-state index contributed by atoms with van der Waals surface area (Å²) in [5.74, 6) is 0.406. The predicted octanol–water partition coefficient (Wildman–Crippen LogP) is 2.64. The molecule has 1 unspecified atom stereocenters. The van der Waals surface area contributed by atoms with E-state index in [-0.39, 0.29) is 29.8 Å². The molecular weight excluding hydrogens is 408 g/mol. The molecule has 0 radical (unpaired) electrons. The number of ether oxygens (including phenoxy) is 1. The molecule has 2 heterocycles. The van der Waals surface area contributed by atoms with E-state index in [1.54, 1.807) is 36.3 Å². The Kier molecular flexibility index (Phi) is 8.36. The first-order chi connectivity index (χ1) is 15.4. The van der Waals surface area contributed by atoms with E-state index in [2.05, 4.69) is 10.6 Å². The number of rotatable bonds is 6. The number of hydrogen-bond donors (Lipinski definition) is 2. The Labute approximate surface area is 190 Å². The Morgan fingerprint density at radius 1 is 0.906 bits per heavy atom. The average molecular weight is 445 g/mol. The number of methoxy groups -OCH3 is 1. The number of urea groups is 1. The van der Waals surface area contributed by atoms with Crippen LogP contribution in [0.2, 0.25) is 0 Å². The van der Waals surface area contributed by atoms with Gasteiger partial charge in [0.15, 0.2) is 0 Å². The average Bonchev–Trinajstić information content (AvgIpc) is 2.82. The summed E-state index contributed by atoms with van der Waals surface area (Å²) in [6.07, 6.45) is 4.49. The normalized spacial score (nSPS) is 18.2. The van der Waals surface area contributed by atoms with Gasteiger partial charge in [0.2, 0.25) is 5.91 Å². The van der Waals surface area contributed by atoms with Crippen LogP contribution in [0.25, 0.3) is 0 Å². The quantitative estimate of drug-likeness (QED) is 0.706. The number of hydrogen-bond acceptors (Lipinski definition) is 4. The van der Waals surface area contributed by atoms with Gasteiger partial charge in [-0.25, -0.2) is 4.79 Å². The summed E-state index contributed by atoms with van der Waals surface area (Å²) in [6.45, 7) is 6.50. The highest BCUT2D eigenvalue weighted by Gasteiger charge is 2.36. The van der Waals surface area contributed by atoms with Crippen molar-refractivity contribution in [3.63, 3.8) is 0 Å². The Bertz CT molecular complexity index is 782. The van der Waals surface area contributed by atoms with Gasteiger partial charge in [0.25, 0.3) is 5.91 Å². The van der Waals surface area contributed by atoms with Crippen LogP contribution in [0.5, 0.6) is 5.75 Å². The monoisotopic (exact) mass is 444 g/mol. The van der Waals surface area contributed by atoms with Crippen molar-refractivity contribution in [1.82, 2.24) is 20.4 Å². The minimum absolute atomic E-state index is 0.00311. The number of carbonyl (C=O) groups is 3. The van der Waals surface area contributed by atoms with Crippen LogP contribution in [0.3, 0.4) is 0 Å². The summed E-state index contributed by atoms with van der Waals surface area (Å²) in [5.41, 5.74) is 0.496. The Hall–Kier alpha value is -2.77. The molecular formula is C24H36N4O4. The molecule has 8 nitrogen and oxygen atoms in total. The zero-order valence-electron chi connectivity index (χ0n) is 19.4. The molecule has 0 bridgehead atoms. The molecule has 2 fully saturated rings. The van der Waals surface area contributed by atoms with E-state index in [0.717, 1.165) is 32.4 Å². The van der Waals surface area contributed by atoms with Crippen molar-refractivity contribution in [3.05, 3.63) is 29.8 Å². The first-order valence-electron chi connectivity index (χ1n) is 11.7. The zero-order chi connectivity index (χ0) is 23.1. The zero-order valence-corrected chi connectivity index (χ0v) is 19.4. The molecule has 8 heteroatoms. The van der Waals surface area contributed by atoms with Crippen LogP contribution in [0.1, 0.15) is 56.3 Å². The van der Waals surface area contributed by atoms with Crippen molar-refractivity contribution >= 4 is 17.8 Å². The number of nitrogens with one attached hydrogen (secondary N) is 2. The van der Waals surface area contributed by atoms with E-state index in [1.807, 2.05) is 18.7 Å². The fourth-order valence-electron chi connectivity index (χ4n) is 4.43. The summed E-state index contributed by atoms with van der Waals surface area (Å²) in [5, 5.41) is 5.95. The first-order valence-corrected chi connectivity index (χ1v) is 11.7. The summed E-state index contributed by atoms with van der Waals surface area (Å²) in [4.78, 5) is 42.4. The van der Waals surface area contributed by atoms with E-state index in [1.165, 1.54) is 0 Å². The molecule has 4 amide bonds. The van der Waals surface area contributed by atoms with Crippen LogP contribution in [0.4, 0.5) is 4.79 Å². The minimum Gasteiger partial charge on any atom is -0.497 e. The summed E-state index contributed by atoms with van der Waals surface area (Å²) >= 11 is 0. The van der Waals surface area contributed by atoms with E-state index in [4.69, 9.17) is 4.74 Å². The summed E-state index contributed by atoms with van der Waals surface area (Å²) in [7, 11) is 1.58. The smallest absolute Gasteiger partial charge is 0.317 e. The highest BCUT2D eigenvalue weighted by Crippen LogP contribution is 2.24. The largest absolute Gasteiger partial charge is 0.497 e. The van der Waals surface area contributed by atoms with Crippen LogP contribution >= 0.6 is 0 Å². The highest BCUT2D eigenvalue weighted by molar-refractivity contribution is 5.97. The molecule has 2 saturated heterocycles. The third kappa shape index (κ3) is 6.14. The van der Waals surface area contributed by atoms with Crippen molar-refractivity contribution in [2.45, 2.75) is 58.0 Å². The van der Waals surface area contributed by atoms with E-state index in [0.29, 0.717) is 37.2 Å². The third-order valence-electron chi connectivity index (χ3n) is 6.28. The number of benzene rings is 1. The van der Waals surface area contributed by atoms with Crippen LogP contribution in [-0.2, 0) is 4.79 Å². The Balaban J connectivity index is 1.70. The lowest BCUT2D eigenvalue weighted by Crippen LogP contribution is -2.56. The van der Waals surface area contributed by atoms with Gasteiger partial charge in [-0.05, 0) is 76.1 Å². The van der Waals surface area contributed by atoms with Gasteiger partial charge in [0, 0.05) is 37.8 Å². The predicted molar refractivity (Wildman–Crippen MR) is 123 cm³/mol. The van der Waals surface area contributed by atoms with Gasteiger partial charge in [-0.1, -0.05) is 0 Å². The van der Waals surface area contributed by atoms with Crippen molar-refractivity contribution < 1.29 is 19.1 Å². The Morgan fingerprint density at radius 2 is 1.53 bits per heavy atom. The lowest BCUT2D eigenvalue weighted by atomic mass is 9.88. The van der Waals surface area contributed by atoms with Crippen LogP contribution < -0.4 is 15.4 Å². The molecule has 2 aliphatic rings. The molecule has 2 N–H and O–H groups in total. The number of likely N-dealkylation sites (tertiary alicyclic amines) is 2. The van der Waals surface area contributed by atoms with Crippen LogP contribution in [0.15, 0.2) is 24.3 Å². The van der Waals surface area contributed by atoms with Crippen LogP contribution in [0, 0.1) is 5.92 Å². The molecule has 176 valence electrons. The molecule has 1 atom stereocenters. The van der Waals surface area contributed by atoms with Gasteiger partial charge in [0.1, 0.15) is 11.8 Å². The fraction of sp³-hybridized carbons (Fsp3) is 0.625. The van der Waals surface area contributed by atoms with Gasteiger partial charge < -0.3 is 25.2 Å². The first kappa shape index (κ1) is 23.9. The topological polar surface area (TPSA) is 91.0 Å². The Morgan fingerprint density at radius 3 is 2.09 bits per heavy atom. The van der Waals surface area contributed by atoms with Gasteiger partial charge in [-0.2, -0.15) is 0 Å². The molecule has 0 aromatic heterocycles. The van der Waals surface area contributed by atoms with Crippen molar-refractivity contribution in [1.29, 1.82) is 0 Å². The molecule has 0 saturated carbocycles. The molecule has 2 aliphatic heterocycles. The second kappa shape index (κ2) is 11.2. The molecule has 32 heavy (non-hydrogen) atoms. The highest BCUT2D eigenvalue weighted by atomic mass is 16.5. The van der Waals surface area contributed by atoms with Gasteiger partial charge in [-0.3, -0.25) is 9.59 Å². The number of piperidine rings is 2. The lowest BCUT2D eigenvalue weighted by Gasteiger charge is -2.38. The van der Waals surface area contributed by atoms with E-state index in [9.17, 15) is 14.4 Å². The second-order valence-corrected chi connectivity index (χ2v) is 8.99. The van der Waals surface area contributed by atoms with Crippen molar-refractivity contribution in [2.24, 2.45) is 5.92 Å². The number of nitrogens with zero attached hydrogens (tertiary/aromatic N) is 2. The van der Waals surface area contributed by atoms with Gasteiger partial charge in [-0.15, -0.1) is 0 Å².